The van der Waals surface area contributed by atoms with Crippen LogP contribution in [0.15, 0.2) is 53.4 Å². The Morgan fingerprint density at radius 2 is 1.52 bits per heavy atom. The van der Waals surface area contributed by atoms with Crippen molar-refractivity contribution >= 4 is 10.0 Å². The summed E-state index contributed by atoms with van der Waals surface area (Å²) in [6, 6.07) is 16.7. The molecule has 1 saturated carbocycles. The molecule has 2 aromatic carbocycles. The van der Waals surface area contributed by atoms with Crippen LogP contribution in [-0.2, 0) is 16.4 Å². The Balaban J connectivity index is 1.33. The Morgan fingerprint density at radius 1 is 0.871 bits per heavy atom. The van der Waals surface area contributed by atoms with Crippen LogP contribution in [0.3, 0.4) is 0 Å². The first-order valence-corrected chi connectivity index (χ1v) is 13.4. The highest BCUT2D eigenvalue weighted by Crippen LogP contribution is 2.25. The zero-order valence-electron chi connectivity index (χ0n) is 18.7. The van der Waals surface area contributed by atoms with Crippen molar-refractivity contribution in [3.63, 3.8) is 0 Å². The summed E-state index contributed by atoms with van der Waals surface area (Å²) in [6.45, 7) is 5.23. The number of rotatable bonds is 8. The fraction of sp³-hybridized carbons (Fsp3) is 0.538. The van der Waals surface area contributed by atoms with Gasteiger partial charge in [-0.3, -0.25) is 0 Å². The van der Waals surface area contributed by atoms with E-state index in [2.05, 4.69) is 40.8 Å². The number of hydrogen-bond donors (Lipinski definition) is 1. The SMILES string of the molecule is CC1CCCN1CCc1ccc(-c2ccc(S(=O)(=O)NCC3CCCCC3)cc2)cc1. The molecule has 1 N–H and O–H groups in total. The summed E-state index contributed by atoms with van der Waals surface area (Å²) in [5, 5.41) is 0. The Morgan fingerprint density at radius 3 is 2.13 bits per heavy atom. The quantitative estimate of drug-likeness (QED) is 0.611. The van der Waals surface area contributed by atoms with E-state index in [9.17, 15) is 8.42 Å². The van der Waals surface area contributed by atoms with Gasteiger partial charge >= 0.3 is 0 Å². The smallest absolute Gasteiger partial charge is 0.240 e. The van der Waals surface area contributed by atoms with E-state index in [0.717, 1.165) is 36.9 Å². The van der Waals surface area contributed by atoms with Gasteiger partial charge in [0.25, 0.3) is 0 Å². The van der Waals surface area contributed by atoms with Crippen molar-refractivity contribution in [2.75, 3.05) is 19.6 Å². The van der Waals surface area contributed by atoms with Gasteiger partial charge in [0.05, 0.1) is 4.90 Å². The van der Waals surface area contributed by atoms with Crippen molar-refractivity contribution in [2.24, 2.45) is 5.92 Å². The van der Waals surface area contributed by atoms with Crippen molar-refractivity contribution in [2.45, 2.75) is 69.2 Å². The highest BCUT2D eigenvalue weighted by atomic mass is 32.2. The first-order valence-electron chi connectivity index (χ1n) is 11.9. The van der Waals surface area contributed by atoms with Gasteiger partial charge in [-0.05, 0) is 80.3 Å². The monoisotopic (exact) mass is 440 g/mol. The largest absolute Gasteiger partial charge is 0.300 e. The number of nitrogens with one attached hydrogen (secondary N) is 1. The number of benzene rings is 2. The normalized spacial score (nSPS) is 20.9. The molecule has 0 aromatic heterocycles. The summed E-state index contributed by atoms with van der Waals surface area (Å²) in [4.78, 5) is 2.93. The highest BCUT2D eigenvalue weighted by Gasteiger charge is 2.20. The van der Waals surface area contributed by atoms with E-state index in [1.165, 1.54) is 44.2 Å². The lowest BCUT2D eigenvalue weighted by molar-refractivity contribution is 0.272. The van der Waals surface area contributed by atoms with Gasteiger partial charge in [-0.2, -0.15) is 0 Å². The molecule has 1 saturated heterocycles. The molecular formula is C26H36N2O2S. The first kappa shape index (κ1) is 22.5. The average Bonchev–Trinajstić information content (AvgIpc) is 3.22. The van der Waals surface area contributed by atoms with E-state index in [1.807, 2.05) is 12.1 Å². The summed E-state index contributed by atoms with van der Waals surface area (Å²) in [5.41, 5.74) is 3.53. The Bertz CT molecular complexity index is 932. The predicted molar refractivity (Wildman–Crippen MR) is 128 cm³/mol. The van der Waals surface area contributed by atoms with Gasteiger partial charge in [0.1, 0.15) is 0 Å². The molecular weight excluding hydrogens is 404 g/mol. The summed E-state index contributed by atoms with van der Waals surface area (Å²) in [7, 11) is -3.44. The topological polar surface area (TPSA) is 49.4 Å². The summed E-state index contributed by atoms with van der Waals surface area (Å²) >= 11 is 0. The van der Waals surface area contributed by atoms with Crippen LogP contribution in [0.2, 0.25) is 0 Å². The van der Waals surface area contributed by atoms with Crippen molar-refractivity contribution in [3.8, 4) is 11.1 Å². The predicted octanol–water partition coefficient (Wildman–Crippen LogP) is 5.24. The Labute approximate surface area is 188 Å². The first-order chi connectivity index (χ1) is 15.0. The average molecular weight is 441 g/mol. The van der Waals surface area contributed by atoms with Crippen molar-refractivity contribution in [3.05, 3.63) is 54.1 Å². The third-order valence-corrected chi connectivity index (χ3v) is 8.56. The molecule has 2 aromatic rings. The molecule has 0 amide bonds. The molecule has 1 aliphatic carbocycles. The molecule has 1 unspecified atom stereocenters. The lowest BCUT2D eigenvalue weighted by Gasteiger charge is -2.21. The molecule has 31 heavy (non-hydrogen) atoms. The van der Waals surface area contributed by atoms with Gasteiger partial charge in [-0.1, -0.05) is 55.7 Å². The third kappa shape index (κ3) is 5.97. The molecule has 1 aliphatic heterocycles. The summed E-state index contributed by atoms with van der Waals surface area (Å²) in [5.74, 6) is 0.481. The maximum Gasteiger partial charge on any atom is 0.240 e. The second-order valence-electron chi connectivity index (χ2n) is 9.35. The van der Waals surface area contributed by atoms with Gasteiger partial charge in [0.2, 0.25) is 10.0 Å². The fourth-order valence-electron chi connectivity index (χ4n) is 4.99. The number of hydrogen-bond acceptors (Lipinski definition) is 3. The Kier molecular flexibility index (Phi) is 7.47. The minimum Gasteiger partial charge on any atom is -0.300 e. The van der Waals surface area contributed by atoms with Crippen LogP contribution in [0.4, 0.5) is 0 Å². The molecule has 4 rings (SSSR count). The summed E-state index contributed by atoms with van der Waals surface area (Å²) in [6.07, 6.45) is 9.71. The fourth-order valence-corrected chi connectivity index (χ4v) is 6.11. The van der Waals surface area contributed by atoms with Gasteiger partial charge in [-0.15, -0.1) is 0 Å². The third-order valence-electron chi connectivity index (χ3n) is 7.12. The van der Waals surface area contributed by atoms with Gasteiger partial charge in [0.15, 0.2) is 0 Å². The number of likely N-dealkylation sites (tertiary alicyclic amines) is 1. The van der Waals surface area contributed by atoms with E-state index in [4.69, 9.17) is 0 Å². The van der Waals surface area contributed by atoms with Crippen LogP contribution in [0.5, 0.6) is 0 Å². The lowest BCUT2D eigenvalue weighted by atomic mass is 9.90. The van der Waals surface area contributed by atoms with Crippen LogP contribution in [0.25, 0.3) is 11.1 Å². The number of nitrogens with zero attached hydrogens (tertiary/aromatic N) is 1. The minimum absolute atomic E-state index is 0.350. The van der Waals surface area contributed by atoms with Crippen molar-refractivity contribution < 1.29 is 8.42 Å². The standard InChI is InChI=1S/C26H36N2O2S/c1-21-6-5-18-28(21)19-17-22-9-11-24(12-10-22)25-13-15-26(16-14-25)31(29,30)27-20-23-7-3-2-4-8-23/h9-16,21,23,27H,2-8,17-20H2,1H3. The van der Waals surface area contributed by atoms with Crippen LogP contribution >= 0.6 is 0 Å². The van der Waals surface area contributed by atoms with E-state index < -0.39 is 10.0 Å². The minimum atomic E-state index is -3.44. The molecule has 4 nitrogen and oxygen atoms in total. The maximum absolute atomic E-state index is 12.7. The molecule has 168 valence electrons. The number of sulfonamides is 1. The van der Waals surface area contributed by atoms with Crippen LogP contribution in [0.1, 0.15) is 57.4 Å². The molecule has 2 aliphatic rings. The molecule has 0 radical (unpaired) electrons. The second-order valence-corrected chi connectivity index (χ2v) is 11.1. The molecule has 5 heteroatoms. The molecule has 0 bridgehead atoms. The molecule has 0 spiro atoms. The molecule has 2 fully saturated rings. The van der Waals surface area contributed by atoms with Gasteiger partial charge in [0, 0.05) is 19.1 Å². The van der Waals surface area contributed by atoms with E-state index >= 15 is 0 Å². The van der Waals surface area contributed by atoms with Crippen LogP contribution in [0, 0.1) is 5.92 Å². The second kappa shape index (κ2) is 10.3. The van der Waals surface area contributed by atoms with E-state index in [0.29, 0.717) is 23.4 Å². The Hall–Kier alpha value is -1.69. The summed E-state index contributed by atoms with van der Waals surface area (Å²) < 4.78 is 28.1. The van der Waals surface area contributed by atoms with Gasteiger partial charge in [-0.25, -0.2) is 13.1 Å². The van der Waals surface area contributed by atoms with Gasteiger partial charge < -0.3 is 4.90 Å². The van der Waals surface area contributed by atoms with Crippen LogP contribution < -0.4 is 4.72 Å². The van der Waals surface area contributed by atoms with E-state index in [1.54, 1.807) is 12.1 Å². The lowest BCUT2D eigenvalue weighted by Crippen LogP contribution is -2.30. The van der Waals surface area contributed by atoms with Crippen molar-refractivity contribution in [1.29, 1.82) is 0 Å². The van der Waals surface area contributed by atoms with E-state index in [-0.39, 0.29) is 0 Å². The van der Waals surface area contributed by atoms with Crippen molar-refractivity contribution in [1.82, 2.24) is 9.62 Å². The zero-order chi connectivity index (χ0) is 21.7. The maximum atomic E-state index is 12.7. The molecule has 1 heterocycles. The highest BCUT2D eigenvalue weighted by molar-refractivity contribution is 7.89. The van der Waals surface area contributed by atoms with Crippen LogP contribution in [-0.4, -0.2) is 39.0 Å². The zero-order valence-corrected chi connectivity index (χ0v) is 19.5. The molecule has 1 atom stereocenters.